The highest BCUT2D eigenvalue weighted by molar-refractivity contribution is 9.10. The molecule has 0 aromatic heterocycles. The van der Waals surface area contributed by atoms with E-state index in [0.717, 1.165) is 10.4 Å². The van der Waals surface area contributed by atoms with E-state index in [2.05, 4.69) is 90.4 Å². The SMILES string of the molecule is CCCCCCCCC(CC)CCc1ccc2cc(-c3ccccc3Br)ccc2c1. The van der Waals surface area contributed by atoms with Crippen molar-refractivity contribution >= 4 is 26.7 Å². The first-order valence-electron chi connectivity index (χ1n) is 12.0. The maximum atomic E-state index is 3.68. The lowest BCUT2D eigenvalue weighted by Crippen LogP contribution is -2.01. The zero-order chi connectivity index (χ0) is 21.2. The van der Waals surface area contributed by atoms with Crippen LogP contribution in [0.4, 0.5) is 0 Å². The van der Waals surface area contributed by atoms with E-state index in [1.807, 2.05) is 0 Å². The number of fused-ring (bicyclic) bond motifs is 1. The number of aryl methyl sites for hydroxylation is 1. The van der Waals surface area contributed by atoms with Gasteiger partial charge in [0.2, 0.25) is 0 Å². The zero-order valence-corrected chi connectivity index (χ0v) is 20.4. The van der Waals surface area contributed by atoms with Gasteiger partial charge >= 0.3 is 0 Å². The van der Waals surface area contributed by atoms with Crippen molar-refractivity contribution in [1.29, 1.82) is 0 Å². The monoisotopic (exact) mass is 464 g/mol. The molecule has 3 aromatic rings. The van der Waals surface area contributed by atoms with Gasteiger partial charge in [0, 0.05) is 4.47 Å². The van der Waals surface area contributed by atoms with Crippen molar-refractivity contribution in [3.05, 3.63) is 70.7 Å². The van der Waals surface area contributed by atoms with E-state index in [1.54, 1.807) is 0 Å². The largest absolute Gasteiger partial charge is 0.0654 e. The number of halogens is 1. The standard InChI is InChI=1S/C29H37Br/c1-3-5-6-7-8-9-12-23(4-2)15-16-24-17-18-26-22-27(20-19-25(26)21-24)28-13-10-11-14-29(28)30/h10-11,13-14,17-23H,3-9,12,15-16H2,1-2H3. The van der Waals surface area contributed by atoms with Gasteiger partial charge in [-0.3, -0.25) is 0 Å². The molecule has 1 atom stereocenters. The molecule has 0 N–H and O–H groups in total. The molecule has 0 saturated carbocycles. The smallest absolute Gasteiger partial charge is 0.0253 e. The first-order chi connectivity index (χ1) is 14.7. The van der Waals surface area contributed by atoms with E-state index >= 15 is 0 Å². The second-order valence-electron chi connectivity index (χ2n) is 8.75. The maximum Gasteiger partial charge on any atom is 0.0253 e. The molecular weight excluding hydrogens is 428 g/mol. The summed E-state index contributed by atoms with van der Waals surface area (Å²) in [6.07, 6.45) is 13.7. The van der Waals surface area contributed by atoms with E-state index in [0.29, 0.717) is 0 Å². The molecule has 0 fully saturated rings. The van der Waals surface area contributed by atoms with Crippen LogP contribution in [0.2, 0.25) is 0 Å². The first-order valence-corrected chi connectivity index (χ1v) is 12.8. The first kappa shape index (κ1) is 23.1. The molecule has 3 aromatic carbocycles. The molecule has 0 radical (unpaired) electrons. The summed E-state index contributed by atoms with van der Waals surface area (Å²) in [4.78, 5) is 0. The second kappa shape index (κ2) is 12.3. The summed E-state index contributed by atoms with van der Waals surface area (Å²) in [7, 11) is 0. The average molecular weight is 466 g/mol. The van der Waals surface area contributed by atoms with Gasteiger partial charge in [0.1, 0.15) is 0 Å². The number of unbranched alkanes of at least 4 members (excludes halogenated alkanes) is 5. The molecule has 0 nitrogen and oxygen atoms in total. The second-order valence-corrected chi connectivity index (χ2v) is 9.60. The fraction of sp³-hybridized carbons (Fsp3) is 0.448. The summed E-state index contributed by atoms with van der Waals surface area (Å²) >= 11 is 3.68. The summed E-state index contributed by atoms with van der Waals surface area (Å²) < 4.78 is 1.15. The predicted molar refractivity (Wildman–Crippen MR) is 137 cm³/mol. The van der Waals surface area contributed by atoms with Gasteiger partial charge in [0.25, 0.3) is 0 Å². The molecule has 0 heterocycles. The van der Waals surface area contributed by atoms with Crippen LogP contribution in [0, 0.1) is 5.92 Å². The predicted octanol–water partition coefficient (Wildman–Crippen LogP) is 9.98. The molecule has 0 saturated heterocycles. The third kappa shape index (κ3) is 6.71. The fourth-order valence-electron chi connectivity index (χ4n) is 4.45. The van der Waals surface area contributed by atoms with Crippen LogP contribution in [0.5, 0.6) is 0 Å². The van der Waals surface area contributed by atoms with Crippen molar-refractivity contribution in [2.45, 2.75) is 78.1 Å². The van der Waals surface area contributed by atoms with Gasteiger partial charge in [-0.05, 0) is 58.4 Å². The molecule has 1 unspecified atom stereocenters. The Labute approximate surface area is 192 Å². The molecule has 3 rings (SSSR count). The van der Waals surface area contributed by atoms with E-state index < -0.39 is 0 Å². The van der Waals surface area contributed by atoms with Crippen molar-refractivity contribution in [2.24, 2.45) is 5.92 Å². The van der Waals surface area contributed by atoms with Crippen molar-refractivity contribution in [3.8, 4) is 11.1 Å². The Morgan fingerprint density at radius 2 is 1.47 bits per heavy atom. The Morgan fingerprint density at radius 3 is 2.27 bits per heavy atom. The Kier molecular flexibility index (Phi) is 9.46. The molecule has 0 spiro atoms. The van der Waals surface area contributed by atoms with Gasteiger partial charge < -0.3 is 0 Å². The number of benzene rings is 3. The van der Waals surface area contributed by atoms with Crippen LogP contribution in [0.25, 0.3) is 21.9 Å². The van der Waals surface area contributed by atoms with Gasteiger partial charge in [-0.25, -0.2) is 0 Å². The lowest BCUT2D eigenvalue weighted by Gasteiger charge is -2.15. The Balaban J connectivity index is 1.56. The molecule has 1 heteroatoms. The lowest BCUT2D eigenvalue weighted by atomic mass is 9.91. The summed E-state index contributed by atoms with van der Waals surface area (Å²) in [6, 6.07) is 22.3. The van der Waals surface area contributed by atoms with Gasteiger partial charge in [-0.2, -0.15) is 0 Å². The quantitative estimate of drug-likeness (QED) is 0.233. The van der Waals surface area contributed by atoms with E-state index in [1.165, 1.54) is 91.7 Å². The average Bonchev–Trinajstić information content (AvgIpc) is 2.78. The fourth-order valence-corrected chi connectivity index (χ4v) is 4.96. The van der Waals surface area contributed by atoms with Gasteiger partial charge in [0.05, 0.1) is 0 Å². The highest BCUT2D eigenvalue weighted by Gasteiger charge is 2.08. The van der Waals surface area contributed by atoms with Crippen LogP contribution < -0.4 is 0 Å². The molecule has 160 valence electrons. The number of rotatable bonds is 12. The highest BCUT2D eigenvalue weighted by Crippen LogP contribution is 2.31. The lowest BCUT2D eigenvalue weighted by molar-refractivity contribution is 0.412. The van der Waals surface area contributed by atoms with Crippen LogP contribution in [0.3, 0.4) is 0 Å². The zero-order valence-electron chi connectivity index (χ0n) is 18.8. The minimum Gasteiger partial charge on any atom is -0.0654 e. The van der Waals surface area contributed by atoms with Crippen LogP contribution >= 0.6 is 15.9 Å². The highest BCUT2D eigenvalue weighted by atomic mass is 79.9. The van der Waals surface area contributed by atoms with Crippen molar-refractivity contribution < 1.29 is 0 Å². The summed E-state index contributed by atoms with van der Waals surface area (Å²) in [5, 5.41) is 2.68. The van der Waals surface area contributed by atoms with E-state index in [-0.39, 0.29) is 0 Å². The van der Waals surface area contributed by atoms with Gasteiger partial charge in [-0.1, -0.05) is 130 Å². The Bertz CT molecular complexity index is 911. The van der Waals surface area contributed by atoms with E-state index in [9.17, 15) is 0 Å². The molecule has 0 aliphatic rings. The molecule has 0 bridgehead atoms. The van der Waals surface area contributed by atoms with Crippen molar-refractivity contribution in [3.63, 3.8) is 0 Å². The third-order valence-corrected chi connectivity index (χ3v) is 7.17. The molecule has 0 aliphatic carbocycles. The van der Waals surface area contributed by atoms with E-state index in [4.69, 9.17) is 0 Å². The van der Waals surface area contributed by atoms with Crippen LogP contribution in [-0.4, -0.2) is 0 Å². The molecule has 30 heavy (non-hydrogen) atoms. The minimum atomic E-state index is 0.879. The van der Waals surface area contributed by atoms with Crippen molar-refractivity contribution in [1.82, 2.24) is 0 Å². The summed E-state index contributed by atoms with van der Waals surface area (Å²) in [6.45, 7) is 4.66. The Morgan fingerprint density at radius 1 is 0.733 bits per heavy atom. The molecule has 0 amide bonds. The van der Waals surface area contributed by atoms with Crippen LogP contribution in [-0.2, 0) is 6.42 Å². The third-order valence-electron chi connectivity index (χ3n) is 6.47. The van der Waals surface area contributed by atoms with Crippen LogP contribution in [0.1, 0.15) is 77.2 Å². The molecule has 0 aliphatic heterocycles. The van der Waals surface area contributed by atoms with Crippen LogP contribution in [0.15, 0.2) is 65.1 Å². The van der Waals surface area contributed by atoms with Gasteiger partial charge in [0.15, 0.2) is 0 Å². The Hall–Kier alpha value is -1.60. The summed E-state index contributed by atoms with van der Waals surface area (Å²) in [5.74, 6) is 0.879. The maximum absolute atomic E-state index is 3.68. The van der Waals surface area contributed by atoms with Gasteiger partial charge in [-0.15, -0.1) is 0 Å². The molecular formula is C29H37Br. The summed E-state index contributed by atoms with van der Waals surface area (Å²) in [5.41, 5.74) is 4.01. The topological polar surface area (TPSA) is 0 Å². The van der Waals surface area contributed by atoms with Crippen molar-refractivity contribution in [2.75, 3.05) is 0 Å². The minimum absolute atomic E-state index is 0.879. The number of hydrogen-bond donors (Lipinski definition) is 0. The normalized spacial score (nSPS) is 12.4. The number of hydrogen-bond acceptors (Lipinski definition) is 0.